The van der Waals surface area contributed by atoms with Crippen LogP contribution in [0.15, 0.2) is 40.9 Å². The number of benzene rings is 2. The minimum atomic E-state index is -0.331. The first-order chi connectivity index (χ1) is 11.4. The molecule has 0 heterocycles. The molecule has 0 aliphatic rings. The third kappa shape index (κ3) is 4.88. The molecule has 0 aliphatic heterocycles. The van der Waals surface area contributed by atoms with E-state index in [1.54, 1.807) is 18.2 Å². The standard InChI is InChI=1S/C18H18BrCl2NO2/c1-3-11(2)12-7-8-16(13(19)9-12)24-10-17(23)22-18-14(20)5-4-6-15(18)21/h4-9,11H,3,10H2,1-2H3,(H,22,23). The molecule has 0 aliphatic carbocycles. The van der Waals surface area contributed by atoms with Crippen molar-refractivity contribution in [3.05, 3.63) is 56.5 Å². The highest BCUT2D eigenvalue weighted by molar-refractivity contribution is 9.10. The summed E-state index contributed by atoms with van der Waals surface area (Å²) in [5, 5.41) is 3.43. The molecule has 1 amide bonds. The Morgan fingerprint density at radius 2 is 1.92 bits per heavy atom. The van der Waals surface area contributed by atoms with E-state index in [0.717, 1.165) is 10.9 Å². The number of carbonyl (C=O) groups is 1. The fourth-order valence-corrected chi connectivity index (χ4v) is 3.12. The molecule has 0 saturated carbocycles. The maximum absolute atomic E-state index is 12.1. The lowest BCUT2D eigenvalue weighted by molar-refractivity contribution is -0.118. The van der Waals surface area contributed by atoms with Gasteiger partial charge in [0.25, 0.3) is 5.91 Å². The first kappa shape index (κ1) is 19.1. The number of amides is 1. The first-order valence-corrected chi connectivity index (χ1v) is 9.13. The van der Waals surface area contributed by atoms with E-state index < -0.39 is 0 Å². The van der Waals surface area contributed by atoms with Crippen molar-refractivity contribution in [3.63, 3.8) is 0 Å². The van der Waals surface area contributed by atoms with Gasteiger partial charge in [0.15, 0.2) is 6.61 Å². The van der Waals surface area contributed by atoms with E-state index in [-0.39, 0.29) is 12.5 Å². The van der Waals surface area contributed by atoms with Crippen LogP contribution in [-0.2, 0) is 4.79 Å². The number of para-hydroxylation sites is 1. The van der Waals surface area contributed by atoms with Crippen LogP contribution in [0, 0.1) is 0 Å². The Morgan fingerprint density at radius 3 is 2.50 bits per heavy atom. The third-order valence-corrected chi connectivity index (χ3v) is 4.97. The molecule has 24 heavy (non-hydrogen) atoms. The lowest BCUT2D eigenvalue weighted by Crippen LogP contribution is -2.20. The van der Waals surface area contributed by atoms with Gasteiger partial charge in [-0.15, -0.1) is 0 Å². The summed E-state index contributed by atoms with van der Waals surface area (Å²) in [4.78, 5) is 12.1. The SMILES string of the molecule is CCC(C)c1ccc(OCC(=O)Nc2c(Cl)cccc2Cl)c(Br)c1. The van der Waals surface area contributed by atoms with Crippen molar-refractivity contribution in [2.75, 3.05) is 11.9 Å². The molecule has 3 nitrogen and oxygen atoms in total. The Hall–Kier alpha value is -1.23. The second-order valence-corrected chi connectivity index (χ2v) is 7.10. The Labute approximate surface area is 160 Å². The van der Waals surface area contributed by atoms with Gasteiger partial charge in [0, 0.05) is 0 Å². The Morgan fingerprint density at radius 1 is 1.25 bits per heavy atom. The van der Waals surface area contributed by atoms with Crippen LogP contribution < -0.4 is 10.1 Å². The Balaban J connectivity index is 1.99. The highest BCUT2D eigenvalue weighted by atomic mass is 79.9. The van der Waals surface area contributed by atoms with Crippen molar-refractivity contribution in [3.8, 4) is 5.75 Å². The van der Waals surface area contributed by atoms with Gasteiger partial charge in [0.1, 0.15) is 5.75 Å². The number of hydrogen-bond donors (Lipinski definition) is 1. The number of rotatable bonds is 6. The van der Waals surface area contributed by atoms with Crippen molar-refractivity contribution in [1.82, 2.24) is 0 Å². The lowest BCUT2D eigenvalue weighted by Gasteiger charge is -2.13. The molecule has 0 fully saturated rings. The van der Waals surface area contributed by atoms with Crippen LogP contribution in [0.3, 0.4) is 0 Å². The van der Waals surface area contributed by atoms with Crippen molar-refractivity contribution >= 4 is 50.7 Å². The van der Waals surface area contributed by atoms with Gasteiger partial charge < -0.3 is 10.1 Å². The molecule has 2 aromatic rings. The van der Waals surface area contributed by atoms with Crippen LogP contribution in [0.2, 0.25) is 10.0 Å². The highest BCUT2D eigenvalue weighted by Gasteiger charge is 2.12. The number of carbonyl (C=O) groups excluding carboxylic acids is 1. The van der Waals surface area contributed by atoms with Crippen LogP contribution >= 0.6 is 39.1 Å². The minimum Gasteiger partial charge on any atom is -0.483 e. The van der Waals surface area contributed by atoms with Crippen LogP contribution in [0.4, 0.5) is 5.69 Å². The summed E-state index contributed by atoms with van der Waals surface area (Å²) in [6, 6.07) is 10.9. The highest BCUT2D eigenvalue weighted by Crippen LogP contribution is 2.31. The normalized spacial score (nSPS) is 11.9. The topological polar surface area (TPSA) is 38.3 Å². The summed E-state index contributed by atoms with van der Waals surface area (Å²) in [5.41, 5.74) is 1.62. The summed E-state index contributed by atoms with van der Waals surface area (Å²) in [7, 11) is 0. The quantitative estimate of drug-likeness (QED) is 0.584. The molecule has 0 saturated heterocycles. The molecule has 2 rings (SSSR count). The molecule has 1 unspecified atom stereocenters. The van der Waals surface area contributed by atoms with E-state index in [4.69, 9.17) is 27.9 Å². The number of hydrogen-bond acceptors (Lipinski definition) is 2. The predicted molar refractivity (Wildman–Crippen MR) is 103 cm³/mol. The van der Waals surface area contributed by atoms with Gasteiger partial charge in [-0.3, -0.25) is 4.79 Å². The maximum atomic E-state index is 12.1. The largest absolute Gasteiger partial charge is 0.483 e. The molecule has 6 heteroatoms. The Kier molecular flexibility index (Phi) is 6.96. The van der Waals surface area contributed by atoms with E-state index in [0.29, 0.717) is 27.4 Å². The summed E-state index contributed by atoms with van der Waals surface area (Å²) < 4.78 is 6.40. The van der Waals surface area contributed by atoms with Gasteiger partial charge in [-0.05, 0) is 58.1 Å². The van der Waals surface area contributed by atoms with E-state index in [9.17, 15) is 4.79 Å². The summed E-state index contributed by atoms with van der Waals surface area (Å²) in [5.74, 6) is 0.756. The fraction of sp³-hybridized carbons (Fsp3) is 0.278. The molecular weight excluding hydrogens is 413 g/mol. The van der Waals surface area contributed by atoms with Crippen LogP contribution in [0.1, 0.15) is 31.7 Å². The zero-order valence-electron chi connectivity index (χ0n) is 13.4. The molecular formula is C18H18BrCl2NO2. The number of nitrogens with one attached hydrogen (secondary N) is 1. The summed E-state index contributed by atoms with van der Waals surface area (Å²) in [6.07, 6.45) is 1.06. The monoisotopic (exact) mass is 429 g/mol. The number of ether oxygens (including phenoxy) is 1. The van der Waals surface area contributed by atoms with E-state index >= 15 is 0 Å². The smallest absolute Gasteiger partial charge is 0.262 e. The second-order valence-electron chi connectivity index (χ2n) is 5.43. The van der Waals surface area contributed by atoms with Crippen LogP contribution in [0.25, 0.3) is 0 Å². The average molecular weight is 431 g/mol. The van der Waals surface area contributed by atoms with Crippen molar-refractivity contribution < 1.29 is 9.53 Å². The van der Waals surface area contributed by atoms with Crippen LogP contribution in [0.5, 0.6) is 5.75 Å². The molecule has 0 aromatic heterocycles. The third-order valence-electron chi connectivity index (χ3n) is 3.72. The van der Waals surface area contributed by atoms with Gasteiger partial charge in [-0.2, -0.15) is 0 Å². The fourth-order valence-electron chi connectivity index (χ4n) is 2.11. The van der Waals surface area contributed by atoms with Crippen molar-refractivity contribution in [2.24, 2.45) is 0 Å². The van der Waals surface area contributed by atoms with E-state index in [1.165, 1.54) is 5.56 Å². The van der Waals surface area contributed by atoms with Crippen molar-refractivity contribution in [1.29, 1.82) is 0 Å². The van der Waals surface area contributed by atoms with Crippen LogP contribution in [-0.4, -0.2) is 12.5 Å². The molecule has 1 N–H and O–H groups in total. The molecule has 0 radical (unpaired) electrons. The molecule has 128 valence electrons. The lowest BCUT2D eigenvalue weighted by atomic mass is 9.99. The van der Waals surface area contributed by atoms with E-state index in [1.807, 2.05) is 18.2 Å². The number of halogens is 3. The van der Waals surface area contributed by atoms with Gasteiger partial charge >= 0.3 is 0 Å². The predicted octanol–water partition coefficient (Wildman–Crippen LogP) is 6.29. The van der Waals surface area contributed by atoms with Gasteiger partial charge in [-0.1, -0.05) is 49.2 Å². The summed E-state index contributed by atoms with van der Waals surface area (Å²) in [6.45, 7) is 4.18. The zero-order valence-corrected chi connectivity index (χ0v) is 16.5. The summed E-state index contributed by atoms with van der Waals surface area (Å²) >= 11 is 15.5. The molecule has 0 spiro atoms. The average Bonchev–Trinajstić information content (AvgIpc) is 2.56. The molecule has 1 atom stereocenters. The molecule has 2 aromatic carbocycles. The molecule has 0 bridgehead atoms. The van der Waals surface area contributed by atoms with Crippen molar-refractivity contribution in [2.45, 2.75) is 26.2 Å². The van der Waals surface area contributed by atoms with Gasteiger partial charge in [0.05, 0.1) is 20.2 Å². The Bertz CT molecular complexity index is 717. The minimum absolute atomic E-state index is 0.136. The first-order valence-electron chi connectivity index (χ1n) is 7.58. The maximum Gasteiger partial charge on any atom is 0.262 e. The van der Waals surface area contributed by atoms with Gasteiger partial charge in [-0.25, -0.2) is 0 Å². The second kappa shape index (κ2) is 8.75. The zero-order chi connectivity index (χ0) is 17.7. The van der Waals surface area contributed by atoms with E-state index in [2.05, 4.69) is 35.1 Å². The number of anilines is 1. The van der Waals surface area contributed by atoms with Gasteiger partial charge in [0.2, 0.25) is 0 Å².